The second-order valence-corrected chi connectivity index (χ2v) is 17.3. The molecule has 24 heteroatoms. The van der Waals surface area contributed by atoms with Gasteiger partial charge in [0, 0.05) is 10.8 Å². The fourth-order valence-electron chi connectivity index (χ4n) is 4.74. The van der Waals surface area contributed by atoms with E-state index in [0.29, 0.717) is 5.69 Å². The first kappa shape index (κ1) is 40.6. The molecule has 0 aliphatic rings. The molecule has 20 nitrogen and oxygen atoms in total. The summed E-state index contributed by atoms with van der Waals surface area (Å²) in [6, 6.07) is 18.8. The molecule has 5 aromatic rings. The molecule has 0 atom stereocenters. The van der Waals surface area contributed by atoms with Crippen LogP contribution in [0.4, 0.5) is 45.5 Å². The summed E-state index contributed by atoms with van der Waals surface area (Å²) >= 11 is 0. The minimum atomic E-state index is -4.93. The molecule has 0 fully saturated rings. The number of nitrogen functional groups attached to an aromatic ring is 2. The number of benzene rings is 5. The second kappa shape index (κ2) is 15.6. The van der Waals surface area contributed by atoms with Gasteiger partial charge in [-0.05, 0) is 67.6 Å². The summed E-state index contributed by atoms with van der Waals surface area (Å²) in [7, 11) is -18.6. The number of hydrogen-bond donors (Lipinski definition) is 5. The fraction of sp³-hybridized carbons (Fsp3) is 0.0968. The van der Waals surface area contributed by atoms with Crippen molar-refractivity contribution in [3.63, 3.8) is 0 Å². The maximum absolute atomic E-state index is 12.7. The highest BCUT2D eigenvalue weighted by Crippen LogP contribution is 2.44. The molecule has 0 saturated heterocycles. The molecular weight excluding hydrogens is 805 g/mol. The van der Waals surface area contributed by atoms with E-state index in [4.69, 9.17) is 16.0 Å². The van der Waals surface area contributed by atoms with Crippen LogP contribution in [0.1, 0.15) is 5.56 Å². The summed E-state index contributed by atoms with van der Waals surface area (Å²) < 4.78 is 128. The number of aryl methyl sites for hydroxylation is 1. The van der Waals surface area contributed by atoms with Crippen LogP contribution in [0, 0.1) is 6.92 Å². The second-order valence-electron chi connectivity index (χ2n) is 11.3. The van der Waals surface area contributed by atoms with Crippen LogP contribution in [0.15, 0.2) is 130 Å². The summed E-state index contributed by atoms with van der Waals surface area (Å²) in [5, 5.41) is 24.7. The number of fused-ring (bicyclic) bond motifs is 1. The van der Waals surface area contributed by atoms with Crippen molar-refractivity contribution in [2.24, 2.45) is 30.7 Å². The first-order chi connectivity index (χ1) is 25.6. The zero-order chi connectivity index (χ0) is 40.3. The number of hydrogen-bond acceptors (Lipinski definition) is 17. The van der Waals surface area contributed by atoms with E-state index in [1.807, 2.05) is 6.92 Å². The van der Waals surface area contributed by atoms with Crippen LogP contribution in [0.3, 0.4) is 0 Å². The molecule has 288 valence electrons. The van der Waals surface area contributed by atoms with E-state index in [1.54, 1.807) is 24.3 Å². The maximum Gasteiger partial charge on any atom is 0.397 e. The largest absolute Gasteiger partial charge is 0.397 e. The van der Waals surface area contributed by atoms with Crippen LogP contribution in [-0.4, -0.2) is 59.7 Å². The van der Waals surface area contributed by atoms with E-state index in [2.05, 4.69) is 34.9 Å². The molecule has 7 N–H and O–H groups in total. The van der Waals surface area contributed by atoms with E-state index in [0.717, 1.165) is 29.8 Å². The van der Waals surface area contributed by atoms with Gasteiger partial charge in [0.05, 0.1) is 56.3 Å². The summed E-state index contributed by atoms with van der Waals surface area (Å²) in [6.07, 6.45) is 0. The number of nitrogens with two attached hydrogens (primary N) is 2. The Kier molecular flexibility index (Phi) is 11.5. The average Bonchev–Trinajstić information content (AvgIpc) is 3.09. The van der Waals surface area contributed by atoms with E-state index in [-0.39, 0.29) is 49.8 Å². The molecule has 55 heavy (non-hydrogen) atoms. The first-order valence-electron chi connectivity index (χ1n) is 15.1. The van der Waals surface area contributed by atoms with Crippen LogP contribution in [-0.2, 0) is 44.7 Å². The van der Waals surface area contributed by atoms with Gasteiger partial charge >= 0.3 is 10.4 Å². The third-order valence-electron chi connectivity index (χ3n) is 7.44. The van der Waals surface area contributed by atoms with E-state index < -0.39 is 68.3 Å². The van der Waals surface area contributed by atoms with Gasteiger partial charge in [0.25, 0.3) is 20.2 Å². The zero-order valence-corrected chi connectivity index (χ0v) is 31.2. The molecule has 0 aromatic heterocycles. The number of azo groups is 3. The van der Waals surface area contributed by atoms with Crippen LogP contribution >= 0.6 is 0 Å². The highest BCUT2D eigenvalue weighted by molar-refractivity contribution is 7.91. The molecule has 0 radical (unpaired) electrons. The van der Waals surface area contributed by atoms with Crippen molar-refractivity contribution in [3.05, 3.63) is 90.5 Å². The van der Waals surface area contributed by atoms with Crippen LogP contribution < -0.4 is 11.5 Å². The lowest BCUT2D eigenvalue weighted by Gasteiger charge is -2.11. The highest BCUT2D eigenvalue weighted by atomic mass is 32.3. The maximum atomic E-state index is 12.7. The fourth-order valence-corrected chi connectivity index (χ4v) is 7.41. The van der Waals surface area contributed by atoms with Crippen molar-refractivity contribution in [2.75, 3.05) is 23.8 Å². The van der Waals surface area contributed by atoms with Crippen molar-refractivity contribution in [1.29, 1.82) is 0 Å². The summed E-state index contributed by atoms with van der Waals surface area (Å²) in [4.78, 5) is -1.60. The smallest absolute Gasteiger partial charge is 0.396 e. The monoisotopic (exact) mass is 832 g/mol. The average molecular weight is 833 g/mol. The van der Waals surface area contributed by atoms with Gasteiger partial charge in [-0.25, -0.2) is 12.6 Å². The Morgan fingerprint density at radius 2 is 1.20 bits per heavy atom. The quantitative estimate of drug-likeness (QED) is 0.0471. The Balaban J connectivity index is 1.56. The summed E-state index contributed by atoms with van der Waals surface area (Å²) in [5.74, 6) is -0.801. The van der Waals surface area contributed by atoms with E-state index >= 15 is 0 Å². The minimum absolute atomic E-state index is 0.00317. The Morgan fingerprint density at radius 1 is 0.582 bits per heavy atom. The SMILES string of the molecule is Cc1ccc(N=Nc2c(N)c(N=Nc3ccc(N=Nc4cccc(S(=O)(=O)CCOS(=O)(=O)O)c4)c4cc(S(=O)(=O)O)ccc34)cc(S(=O)(=O)O)c2N)cc1. The van der Waals surface area contributed by atoms with Crippen LogP contribution in [0.5, 0.6) is 0 Å². The summed E-state index contributed by atoms with van der Waals surface area (Å²) in [6.45, 7) is 1.00. The molecule has 0 unspecified atom stereocenters. The van der Waals surface area contributed by atoms with Gasteiger partial charge in [0.1, 0.15) is 16.3 Å². The van der Waals surface area contributed by atoms with E-state index in [1.165, 1.54) is 36.4 Å². The molecule has 0 spiro atoms. The Hall–Kier alpha value is -5.60. The van der Waals surface area contributed by atoms with Crippen LogP contribution in [0.2, 0.25) is 0 Å². The van der Waals surface area contributed by atoms with Gasteiger partial charge in [-0.3, -0.25) is 13.7 Å². The van der Waals surface area contributed by atoms with Gasteiger partial charge in [-0.2, -0.15) is 35.5 Å². The normalized spacial score (nSPS) is 13.1. The Labute approximate surface area is 313 Å². The topological polar surface area (TPSA) is 333 Å². The molecule has 0 bridgehead atoms. The lowest BCUT2D eigenvalue weighted by Crippen LogP contribution is -2.15. The molecule has 0 amide bonds. The van der Waals surface area contributed by atoms with Crippen LogP contribution in [0.25, 0.3) is 10.8 Å². The standard InChI is InChI=1S/C31H28N8O12S4/c1-18-5-7-19(8-6-18)34-39-31-29(32)27(17-28(30(31)33)54(45,46)47)38-37-25-11-12-26(24-16-22(53(42,43)44)9-10-23(24)25)36-35-20-3-2-4-21(15-20)52(40,41)14-13-51-55(48,49)50/h2-12,15-17H,13-14,32-33H2,1H3,(H,42,43,44)(H,45,46,47)(H,48,49,50). The lowest BCUT2D eigenvalue weighted by atomic mass is 10.1. The highest BCUT2D eigenvalue weighted by Gasteiger charge is 2.23. The molecule has 5 rings (SSSR count). The number of sulfone groups is 1. The third kappa shape index (κ3) is 10.1. The van der Waals surface area contributed by atoms with Crippen molar-refractivity contribution in [2.45, 2.75) is 21.6 Å². The third-order valence-corrected chi connectivity index (χ3v) is 11.3. The van der Waals surface area contributed by atoms with Crippen molar-refractivity contribution in [3.8, 4) is 0 Å². The molecule has 0 saturated carbocycles. The van der Waals surface area contributed by atoms with Gasteiger partial charge < -0.3 is 11.5 Å². The summed E-state index contributed by atoms with van der Waals surface area (Å²) in [5.41, 5.74) is 12.2. The Bertz CT molecular complexity index is 2870. The predicted octanol–water partition coefficient (Wildman–Crippen LogP) is 6.65. The number of anilines is 2. The lowest BCUT2D eigenvalue weighted by molar-refractivity contribution is 0.284. The van der Waals surface area contributed by atoms with Gasteiger partial charge in [-0.15, -0.1) is 20.5 Å². The molecule has 0 aliphatic heterocycles. The van der Waals surface area contributed by atoms with E-state index in [9.17, 15) is 42.8 Å². The predicted molar refractivity (Wildman–Crippen MR) is 199 cm³/mol. The van der Waals surface area contributed by atoms with Crippen molar-refractivity contribution >= 4 is 96.7 Å². The number of nitrogens with zero attached hydrogens (tertiary/aromatic N) is 6. The van der Waals surface area contributed by atoms with Crippen molar-refractivity contribution < 1.29 is 51.5 Å². The molecule has 0 heterocycles. The zero-order valence-electron chi connectivity index (χ0n) is 28.0. The Morgan fingerprint density at radius 3 is 1.84 bits per heavy atom. The minimum Gasteiger partial charge on any atom is -0.396 e. The van der Waals surface area contributed by atoms with Gasteiger partial charge in [0.15, 0.2) is 9.84 Å². The molecular formula is C31H28N8O12S4. The number of rotatable bonds is 13. The molecule has 5 aromatic carbocycles. The molecule has 0 aliphatic carbocycles. The van der Waals surface area contributed by atoms with Crippen molar-refractivity contribution in [1.82, 2.24) is 0 Å². The first-order valence-corrected chi connectivity index (χ1v) is 21.0. The van der Waals surface area contributed by atoms with Gasteiger partial charge in [0.2, 0.25) is 0 Å². The van der Waals surface area contributed by atoms with Gasteiger partial charge in [-0.1, -0.05) is 29.8 Å².